The number of rotatable bonds is 2. The van der Waals surface area contributed by atoms with Gasteiger partial charge in [0, 0.05) is 29.3 Å². The van der Waals surface area contributed by atoms with Crippen LogP contribution in [0.3, 0.4) is 0 Å². The summed E-state index contributed by atoms with van der Waals surface area (Å²) in [5.41, 5.74) is 7.43. The van der Waals surface area contributed by atoms with Crippen molar-refractivity contribution in [3.05, 3.63) is 69.7 Å². The maximum absolute atomic E-state index is 10.2. The van der Waals surface area contributed by atoms with Crippen molar-refractivity contribution in [3.63, 3.8) is 0 Å². The Kier molecular flexibility index (Phi) is 4.95. The third-order valence-corrected chi connectivity index (χ3v) is 7.57. The average molecular weight is 437 g/mol. The number of benzene rings is 3. The molecule has 0 amide bonds. The highest BCUT2D eigenvalue weighted by molar-refractivity contribution is 7.98. The number of hydrogen-bond acceptors (Lipinski definition) is 3. The maximum atomic E-state index is 10.2. The van der Waals surface area contributed by atoms with Crippen LogP contribution in [-0.2, 0) is 5.75 Å². The molecule has 0 N–H and O–H groups in total. The minimum absolute atomic E-state index is 0.550. The first-order chi connectivity index (χ1) is 14.2. The molecular weight excluding hydrogens is 419 g/mol. The van der Waals surface area contributed by atoms with Crippen LogP contribution in [0.15, 0.2) is 53.4 Å². The predicted octanol–water partition coefficient (Wildman–Crippen LogP) is 7.40. The highest BCUT2D eigenvalue weighted by Crippen LogP contribution is 2.49. The van der Waals surface area contributed by atoms with Crippen molar-refractivity contribution in [1.29, 1.82) is 5.26 Å². The molecule has 0 atom stereocenters. The summed E-state index contributed by atoms with van der Waals surface area (Å²) in [7, 11) is 0. The summed E-state index contributed by atoms with van der Waals surface area (Å²) in [5.74, 6) is 0.830. The molecule has 3 aromatic rings. The Morgan fingerprint density at radius 3 is 2.48 bits per heavy atom. The lowest BCUT2D eigenvalue weighted by Crippen LogP contribution is -2.20. The molecule has 0 unspecified atom stereocenters. The lowest BCUT2D eigenvalue weighted by molar-refractivity contribution is 0.949. The molecule has 5 heteroatoms. The van der Waals surface area contributed by atoms with E-state index < -0.39 is 0 Å². The minimum Gasteiger partial charge on any atom is -0.370 e. The van der Waals surface area contributed by atoms with E-state index in [0.717, 1.165) is 65.2 Å². The van der Waals surface area contributed by atoms with Crippen LogP contribution in [0.2, 0.25) is 10.0 Å². The molecule has 0 bridgehead atoms. The van der Waals surface area contributed by atoms with Gasteiger partial charge in [0.25, 0.3) is 0 Å². The van der Waals surface area contributed by atoms with E-state index in [0.29, 0.717) is 10.0 Å². The molecule has 1 fully saturated rings. The SMILES string of the molecule is N#Cc1c(N2CCCC2)cc(-c2ccc(Cl)c(Cl)c2)c2c1-c1ccccc1SC2. The highest BCUT2D eigenvalue weighted by atomic mass is 35.5. The lowest BCUT2D eigenvalue weighted by Gasteiger charge is -2.28. The van der Waals surface area contributed by atoms with Crippen LogP contribution in [0.25, 0.3) is 22.3 Å². The summed E-state index contributed by atoms with van der Waals surface area (Å²) in [6.45, 7) is 1.98. The zero-order chi connectivity index (χ0) is 20.0. The monoisotopic (exact) mass is 436 g/mol. The smallest absolute Gasteiger partial charge is 0.102 e. The molecular formula is C24H18Cl2N2S. The van der Waals surface area contributed by atoms with E-state index in [2.05, 4.69) is 41.3 Å². The Morgan fingerprint density at radius 1 is 0.931 bits per heavy atom. The van der Waals surface area contributed by atoms with E-state index in [-0.39, 0.29) is 0 Å². The fourth-order valence-electron chi connectivity index (χ4n) is 4.35. The Labute approximate surface area is 185 Å². The van der Waals surface area contributed by atoms with E-state index in [1.54, 1.807) is 0 Å². The van der Waals surface area contributed by atoms with Crippen molar-refractivity contribution in [2.75, 3.05) is 18.0 Å². The van der Waals surface area contributed by atoms with Gasteiger partial charge in [-0.1, -0.05) is 47.5 Å². The molecule has 0 radical (unpaired) electrons. The molecule has 3 aromatic carbocycles. The first kappa shape index (κ1) is 18.9. The molecule has 2 aliphatic heterocycles. The summed E-state index contributed by atoms with van der Waals surface area (Å²) >= 11 is 14.3. The molecule has 2 aliphatic rings. The van der Waals surface area contributed by atoms with E-state index in [1.165, 1.54) is 10.5 Å². The molecule has 144 valence electrons. The molecule has 2 heterocycles. The lowest BCUT2D eigenvalue weighted by atomic mass is 9.87. The summed E-state index contributed by atoms with van der Waals surface area (Å²) in [5, 5.41) is 11.3. The first-order valence-electron chi connectivity index (χ1n) is 9.70. The average Bonchev–Trinajstić information content (AvgIpc) is 3.29. The molecule has 0 saturated carbocycles. The van der Waals surface area contributed by atoms with Gasteiger partial charge in [0.2, 0.25) is 0 Å². The third-order valence-electron chi connectivity index (χ3n) is 5.73. The number of nitriles is 1. The van der Waals surface area contributed by atoms with Gasteiger partial charge >= 0.3 is 0 Å². The van der Waals surface area contributed by atoms with E-state index in [1.807, 2.05) is 30.0 Å². The Balaban J connectivity index is 1.84. The van der Waals surface area contributed by atoms with Crippen LogP contribution in [0.1, 0.15) is 24.0 Å². The van der Waals surface area contributed by atoms with Crippen molar-refractivity contribution >= 4 is 40.7 Å². The van der Waals surface area contributed by atoms with Gasteiger partial charge < -0.3 is 4.90 Å². The van der Waals surface area contributed by atoms with Crippen LogP contribution in [0.4, 0.5) is 5.69 Å². The van der Waals surface area contributed by atoms with Crippen molar-refractivity contribution in [2.24, 2.45) is 0 Å². The number of fused-ring (bicyclic) bond motifs is 3. The second-order valence-corrected chi connectivity index (χ2v) is 9.22. The summed E-state index contributed by atoms with van der Waals surface area (Å²) in [6.07, 6.45) is 2.33. The van der Waals surface area contributed by atoms with Gasteiger partial charge in [0.15, 0.2) is 0 Å². The second kappa shape index (κ2) is 7.61. The summed E-state index contributed by atoms with van der Waals surface area (Å²) in [6, 6.07) is 18.9. The number of thioether (sulfide) groups is 1. The second-order valence-electron chi connectivity index (χ2n) is 7.39. The van der Waals surface area contributed by atoms with Gasteiger partial charge in [-0.25, -0.2) is 0 Å². The molecule has 29 heavy (non-hydrogen) atoms. The topological polar surface area (TPSA) is 27.0 Å². The standard InChI is InChI=1S/C24H18Cl2N2S/c25-20-8-7-15(11-21(20)26)17-12-22(28-9-3-4-10-28)18(13-27)24-16-5-1-2-6-23(16)29-14-19(17)24/h1-2,5-8,11-12H,3-4,9-10,14H2. The van der Waals surface area contributed by atoms with Gasteiger partial charge in [0.1, 0.15) is 6.07 Å². The maximum Gasteiger partial charge on any atom is 0.102 e. The van der Waals surface area contributed by atoms with Crippen molar-refractivity contribution in [3.8, 4) is 28.3 Å². The largest absolute Gasteiger partial charge is 0.370 e. The van der Waals surface area contributed by atoms with Crippen LogP contribution < -0.4 is 4.90 Å². The van der Waals surface area contributed by atoms with Gasteiger partial charge in [-0.3, -0.25) is 0 Å². The minimum atomic E-state index is 0.550. The molecule has 1 saturated heterocycles. The van der Waals surface area contributed by atoms with Gasteiger partial charge in [-0.15, -0.1) is 11.8 Å². The number of hydrogen-bond donors (Lipinski definition) is 0. The van der Waals surface area contributed by atoms with Crippen LogP contribution in [0.5, 0.6) is 0 Å². The van der Waals surface area contributed by atoms with E-state index >= 15 is 0 Å². The predicted molar refractivity (Wildman–Crippen MR) is 123 cm³/mol. The number of halogens is 2. The Hall–Kier alpha value is -2.12. The molecule has 0 aliphatic carbocycles. The molecule has 0 aromatic heterocycles. The fraction of sp³-hybridized carbons (Fsp3) is 0.208. The first-order valence-corrected chi connectivity index (χ1v) is 11.4. The zero-order valence-electron chi connectivity index (χ0n) is 15.7. The highest BCUT2D eigenvalue weighted by Gasteiger charge is 2.28. The Morgan fingerprint density at radius 2 is 1.72 bits per heavy atom. The van der Waals surface area contributed by atoms with E-state index in [4.69, 9.17) is 23.2 Å². The van der Waals surface area contributed by atoms with Crippen LogP contribution in [0, 0.1) is 11.3 Å². The quantitative estimate of drug-likeness (QED) is 0.418. The zero-order valence-corrected chi connectivity index (χ0v) is 18.0. The molecule has 5 rings (SSSR count). The van der Waals surface area contributed by atoms with Crippen molar-refractivity contribution in [1.82, 2.24) is 0 Å². The summed E-state index contributed by atoms with van der Waals surface area (Å²) < 4.78 is 0. The van der Waals surface area contributed by atoms with Gasteiger partial charge in [0.05, 0.1) is 21.3 Å². The van der Waals surface area contributed by atoms with Crippen LogP contribution >= 0.6 is 35.0 Å². The fourth-order valence-corrected chi connectivity index (χ4v) is 5.75. The normalized spacial score (nSPS) is 15.0. The van der Waals surface area contributed by atoms with Crippen LogP contribution in [-0.4, -0.2) is 13.1 Å². The molecule has 2 nitrogen and oxygen atoms in total. The van der Waals surface area contributed by atoms with Crippen molar-refractivity contribution in [2.45, 2.75) is 23.5 Å². The molecule has 0 spiro atoms. The van der Waals surface area contributed by atoms with E-state index in [9.17, 15) is 5.26 Å². The summed E-state index contributed by atoms with van der Waals surface area (Å²) in [4.78, 5) is 3.58. The van der Waals surface area contributed by atoms with Crippen molar-refractivity contribution < 1.29 is 0 Å². The number of anilines is 1. The number of nitrogens with zero attached hydrogens (tertiary/aromatic N) is 2. The Bertz CT molecular complexity index is 1160. The van der Waals surface area contributed by atoms with Gasteiger partial charge in [-0.05, 0) is 59.4 Å². The van der Waals surface area contributed by atoms with Gasteiger partial charge in [-0.2, -0.15) is 5.26 Å². The third kappa shape index (κ3) is 3.20.